The van der Waals surface area contributed by atoms with E-state index >= 15 is 0 Å². The molecule has 0 aliphatic rings. The number of benzene rings is 1. The Balaban J connectivity index is 1.66. The van der Waals surface area contributed by atoms with Crippen LogP contribution in [0.4, 0.5) is 0 Å². The summed E-state index contributed by atoms with van der Waals surface area (Å²) in [5.41, 5.74) is 1.30. The minimum atomic E-state index is 0.491. The van der Waals surface area contributed by atoms with Gasteiger partial charge in [-0.05, 0) is 56.1 Å². The van der Waals surface area contributed by atoms with E-state index in [-0.39, 0.29) is 0 Å². The molecule has 3 nitrogen and oxygen atoms in total. The van der Waals surface area contributed by atoms with Gasteiger partial charge in [0.2, 0.25) is 0 Å². The minimum Gasteiger partial charge on any atom is -0.497 e. The Labute approximate surface area is 121 Å². The van der Waals surface area contributed by atoms with Gasteiger partial charge in [0, 0.05) is 12.5 Å². The monoisotopic (exact) mass is 273 g/mol. The van der Waals surface area contributed by atoms with Crippen LogP contribution in [0.2, 0.25) is 0 Å². The second-order valence-corrected chi connectivity index (χ2v) is 5.07. The average molecular weight is 273 g/mol. The van der Waals surface area contributed by atoms with E-state index in [9.17, 15) is 0 Å². The Hall–Kier alpha value is -1.74. The van der Waals surface area contributed by atoms with E-state index in [1.807, 2.05) is 24.3 Å². The average Bonchev–Trinajstić information content (AvgIpc) is 2.99. The quantitative estimate of drug-likeness (QED) is 0.800. The van der Waals surface area contributed by atoms with Crippen molar-refractivity contribution in [2.45, 2.75) is 32.2 Å². The summed E-state index contributed by atoms with van der Waals surface area (Å²) in [6.45, 7) is 3.20. The summed E-state index contributed by atoms with van der Waals surface area (Å²) in [5.74, 6) is 1.99. The molecule has 108 valence electrons. The van der Waals surface area contributed by atoms with E-state index in [1.54, 1.807) is 13.4 Å². The number of rotatable bonds is 8. The van der Waals surface area contributed by atoms with Gasteiger partial charge < -0.3 is 14.5 Å². The van der Waals surface area contributed by atoms with Gasteiger partial charge in [-0.3, -0.25) is 0 Å². The van der Waals surface area contributed by atoms with Gasteiger partial charge in [-0.15, -0.1) is 0 Å². The Morgan fingerprint density at radius 1 is 1.20 bits per heavy atom. The number of hydrogen-bond donors (Lipinski definition) is 1. The smallest absolute Gasteiger partial charge is 0.119 e. The van der Waals surface area contributed by atoms with Crippen molar-refractivity contribution in [3.8, 4) is 5.75 Å². The summed E-state index contributed by atoms with van der Waals surface area (Å²) in [6.07, 6.45) is 4.82. The molecule has 0 bridgehead atoms. The van der Waals surface area contributed by atoms with Crippen LogP contribution in [-0.2, 0) is 12.8 Å². The Bertz CT molecular complexity index is 493. The number of hydrogen-bond acceptors (Lipinski definition) is 3. The standard InChI is InChI=1S/C17H23NO2/c1-14(8-9-16-7-4-12-20-16)18-11-10-15-5-3-6-17(13-15)19-2/h3-7,12-14,18H,8-11H2,1-2H3. The molecule has 0 radical (unpaired) electrons. The van der Waals surface area contributed by atoms with Crippen molar-refractivity contribution >= 4 is 0 Å². The molecule has 0 saturated carbocycles. The second-order valence-electron chi connectivity index (χ2n) is 5.07. The summed E-state index contributed by atoms with van der Waals surface area (Å²) in [5, 5.41) is 3.55. The van der Waals surface area contributed by atoms with Crippen LogP contribution < -0.4 is 10.1 Å². The highest BCUT2D eigenvalue weighted by Gasteiger charge is 2.04. The number of ether oxygens (including phenoxy) is 1. The van der Waals surface area contributed by atoms with Crippen LogP contribution >= 0.6 is 0 Å². The van der Waals surface area contributed by atoms with Crippen molar-refractivity contribution in [1.29, 1.82) is 0 Å². The van der Waals surface area contributed by atoms with Crippen molar-refractivity contribution in [3.05, 3.63) is 54.0 Å². The number of nitrogens with one attached hydrogen (secondary N) is 1. The fourth-order valence-corrected chi connectivity index (χ4v) is 2.21. The first-order valence-electron chi connectivity index (χ1n) is 7.16. The second kappa shape index (κ2) is 7.75. The molecular formula is C17H23NO2. The van der Waals surface area contributed by atoms with Crippen LogP contribution in [0.5, 0.6) is 5.75 Å². The molecule has 1 aromatic carbocycles. The lowest BCUT2D eigenvalue weighted by molar-refractivity contribution is 0.414. The predicted molar refractivity (Wildman–Crippen MR) is 81.2 cm³/mol. The van der Waals surface area contributed by atoms with E-state index in [1.165, 1.54) is 5.56 Å². The highest BCUT2D eigenvalue weighted by atomic mass is 16.5. The summed E-state index contributed by atoms with van der Waals surface area (Å²) < 4.78 is 10.6. The van der Waals surface area contributed by atoms with E-state index in [2.05, 4.69) is 24.4 Å². The Kier molecular flexibility index (Phi) is 5.69. The van der Waals surface area contributed by atoms with Crippen LogP contribution in [0.15, 0.2) is 47.1 Å². The minimum absolute atomic E-state index is 0.491. The van der Waals surface area contributed by atoms with Gasteiger partial charge in [0.05, 0.1) is 13.4 Å². The fraction of sp³-hybridized carbons (Fsp3) is 0.412. The Morgan fingerprint density at radius 2 is 2.10 bits per heavy atom. The Morgan fingerprint density at radius 3 is 2.85 bits per heavy atom. The SMILES string of the molecule is COc1cccc(CCNC(C)CCc2ccco2)c1. The molecule has 1 unspecified atom stereocenters. The molecule has 0 spiro atoms. The summed E-state index contributed by atoms with van der Waals surface area (Å²) in [6, 6.07) is 12.7. The van der Waals surface area contributed by atoms with Crippen molar-refractivity contribution in [2.24, 2.45) is 0 Å². The number of furan rings is 1. The maximum atomic E-state index is 5.34. The van der Waals surface area contributed by atoms with Gasteiger partial charge >= 0.3 is 0 Å². The molecular weight excluding hydrogens is 250 g/mol. The zero-order valence-corrected chi connectivity index (χ0v) is 12.3. The van der Waals surface area contributed by atoms with Gasteiger partial charge in [0.15, 0.2) is 0 Å². The maximum Gasteiger partial charge on any atom is 0.119 e. The highest BCUT2D eigenvalue weighted by molar-refractivity contribution is 5.28. The molecule has 0 saturated heterocycles. The van der Waals surface area contributed by atoms with Gasteiger partial charge in [-0.2, -0.15) is 0 Å². The molecule has 1 atom stereocenters. The van der Waals surface area contributed by atoms with E-state index < -0.39 is 0 Å². The van der Waals surface area contributed by atoms with E-state index in [4.69, 9.17) is 9.15 Å². The third-order valence-corrected chi connectivity index (χ3v) is 3.44. The molecule has 20 heavy (non-hydrogen) atoms. The highest BCUT2D eigenvalue weighted by Crippen LogP contribution is 2.12. The first kappa shape index (κ1) is 14.7. The van der Waals surface area contributed by atoms with Gasteiger partial charge in [0.25, 0.3) is 0 Å². The molecule has 0 amide bonds. The fourth-order valence-electron chi connectivity index (χ4n) is 2.21. The third kappa shape index (κ3) is 4.74. The first-order valence-corrected chi connectivity index (χ1v) is 7.16. The summed E-state index contributed by atoms with van der Waals surface area (Å²) in [4.78, 5) is 0. The van der Waals surface area contributed by atoms with Gasteiger partial charge in [0.1, 0.15) is 11.5 Å². The molecule has 2 rings (SSSR count). The van der Waals surface area contributed by atoms with Gasteiger partial charge in [-0.1, -0.05) is 12.1 Å². The third-order valence-electron chi connectivity index (χ3n) is 3.44. The normalized spacial score (nSPS) is 12.3. The van der Waals surface area contributed by atoms with E-state index in [0.717, 1.165) is 37.3 Å². The molecule has 0 aliphatic carbocycles. The molecule has 1 N–H and O–H groups in total. The lowest BCUT2D eigenvalue weighted by Gasteiger charge is -2.13. The molecule has 2 aromatic rings. The van der Waals surface area contributed by atoms with Crippen molar-refractivity contribution < 1.29 is 9.15 Å². The number of aryl methyl sites for hydroxylation is 1. The summed E-state index contributed by atoms with van der Waals surface area (Å²) >= 11 is 0. The molecule has 0 aliphatic heterocycles. The lowest BCUT2D eigenvalue weighted by atomic mass is 10.1. The zero-order valence-electron chi connectivity index (χ0n) is 12.3. The van der Waals surface area contributed by atoms with Crippen LogP contribution in [-0.4, -0.2) is 19.7 Å². The van der Waals surface area contributed by atoms with Crippen LogP contribution in [0.25, 0.3) is 0 Å². The molecule has 3 heteroatoms. The lowest BCUT2D eigenvalue weighted by Crippen LogP contribution is -2.28. The largest absolute Gasteiger partial charge is 0.497 e. The van der Waals surface area contributed by atoms with Crippen molar-refractivity contribution in [2.75, 3.05) is 13.7 Å². The topological polar surface area (TPSA) is 34.4 Å². The predicted octanol–water partition coefficient (Wildman–Crippen LogP) is 3.44. The van der Waals surface area contributed by atoms with Crippen molar-refractivity contribution in [3.63, 3.8) is 0 Å². The molecule has 1 aromatic heterocycles. The maximum absolute atomic E-state index is 5.34. The first-order chi connectivity index (χ1) is 9.78. The van der Waals surface area contributed by atoms with Crippen LogP contribution in [0.1, 0.15) is 24.7 Å². The van der Waals surface area contributed by atoms with E-state index in [0.29, 0.717) is 6.04 Å². The van der Waals surface area contributed by atoms with Crippen LogP contribution in [0.3, 0.4) is 0 Å². The van der Waals surface area contributed by atoms with Gasteiger partial charge in [-0.25, -0.2) is 0 Å². The van der Waals surface area contributed by atoms with Crippen LogP contribution in [0, 0.1) is 0 Å². The number of methoxy groups -OCH3 is 1. The molecule has 1 heterocycles. The zero-order chi connectivity index (χ0) is 14.2. The molecule has 0 fully saturated rings. The van der Waals surface area contributed by atoms with Crippen molar-refractivity contribution in [1.82, 2.24) is 5.32 Å². The summed E-state index contributed by atoms with van der Waals surface area (Å²) in [7, 11) is 1.70.